The molecule has 4 atom stereocenters. The van der Waals surface area contributed by atoms with Crippen LogP contribution in [0.3, 0.4) is 0 Å². The average Bonchev–Trinajstić information content (AvgIpc) is 1.68. The Morgan fingerprint density at radius 2 is 0.635 bits per heavy atom. The zero-order valence-corrected chi connectivity index (χ0v) is 62.6. The molecule has 33 heteroatoms. The lowest BCUT2D eigenvalue weighted by Gasteiger charge is -2.32. The van der Waals surface area contributed by atoms with E-state index in [0.717, 1.165) is 53.5 Å². The van der Waals surface area contributed by atoms with E-state index < -0.39 is 82.1 Å². The Morgan fingerprint density at radius 1 is 0.348 bits per heavy atom. The number of nitrogens with one attached hydrogen (secondary N) is 4. The highest BCUT2D eigenvalue weighted by Crippen LogP contribution is 2.39. The van der Waals surface area contributed by atoms with Crippen LogP contribution in [0.25, 0.3) is 45.6 Å². The van der Waals surface area contributed by atoms with Gasteiger partial charge in [-0.25, -0.2) is 77.4 Å². The van der Waals surface area contributed by atoms with Crippen molar-refractivity contribution >= 4 is 46.9 Å². The second-order valence-electron chi connectivity index (χ2n) is 28.1. The van der Waals surface area contributed by atoms with Crippen LogP contribution in [0.1, 0.15) is 95.0 Å². The highest BCUT2D eigenvalue weighted by atomic mass is 19.2. The van der Waals surface area contributed by atoms with Gasteiger partial charge >= 0.3 is 24.1 Å². The maximum Gasteiger partial charge on any atom is 0.322 e. The molecule has 12 aromatic rings. The standard InChI is InChI=1S/C21H18F3N3O2.C21H19F2N3O2.2C20H17F3N4O2/c1-11-7-13(9-17(23)19(11)24)25-21(28)27-10-15-18(8-12(27)2)26-29-20(15)14-5-3-4-6-16(14)22;1-12-8-15(10-17(22)19(12)23)24-21(27)26-11-16-18(9-13(26)2)25-28-20(16)14-6-4-3-5-7-14;2*1-10-5-13(7-15(22)18(10)23)25-20(28)27-9-14-17(6-11(27)2)26-29-19(14)16-4-3-12(21)8-24-16/h3-7,9,12H,8,10H2,1-2H3,(H,25,28);3-8,10,13H,9,11H2,1-2H3,(H,24,27);2*3-5,7-8,11H,6,9H2,1-2H3,(H,25,28)/t12-;13-;2*11-/m0010/s1. The van der Waals surface area contributed by atoms with Gasteiger partial charge in [-0.05, 0) is 138 Å². The van der Waals surface area contributed by atoms with Crippen LogP contribution in [-0.4, -0.2) is 98.5 Å². The van der Waals surface area contributed by atoms with Crippen LogP contribution in [-0.2, 0) is 51.9 Å². The predicted octanol–water partition coefficient (Wildman–Crippen LogP) is 18.8. The van der Waals surface area contributed by atoms with Crippen molar-refractivity contribution in [2.75, 3.05) is 21.3 Å². The predicted molar refractivity (Wildman–Crippen MR) is 399 cm³/mol. The van der Waals surface area contributed by atoms with Crippen LogP contribution < -0.4 is 21.3 Å². The summed E-state index contributed by atoms with van der Waals surface area (Å²) in [5, 5.41) is 26.8. The van der Waals surface area contributed by atoms with Gasteiger partial charge in [0.25, 0.3) is 0 Å². The number of urea groups is 4. The van der Waals surface area contributed by atoms with Gasteiger partial charge in [-0.15, -0.1) is 0 Å². The fraction of sp³-hybridized carbons (Fsp3) is 0.244. The van der Waals surface area contributed by atoms with Crippen LogP contribution in [0.5, 0.6) is 0 Å². The Balaban J connectivity index is 0.000000134. The number of nitrogens with zero attached hydrogens (tertiary/aromatic N) is 10. The molecule has 4 aliphatic heterocycles. The Morgan fingerprint density at radius 3 is 0.939 bits per heavy atom. The molecule has 0 aliphatic carbocycles. The Hall–Kier alpha value is -13.2. The number of aromatic nitrogens is 6. The summed E-state index contributed by atoms with van der Waals surface area (Å²) in [6, 6.07) is 28.0. The van der Waals surface area contributed by atoms with Crippen molar-refractivity contribution in [2.45, 2.75) is 131 Å². The fourth-order valence-corrected chi connectivity index (χ4v) is 13.7. The molecule has 4 aliphatic rings. The van der Waals surface area contributed by atoms with E-state index in [1.165, 1.54) is 87.2 Å². The fourth-order valence-electron chi connectivity index (χ4n) is 13.7. The number of fused-ring (bicyclic) bond motifs is 4. The van der Waals surface area contributed by atoms with E-state index in [1.807, 2.05) is 58.0 Å². The number of carbonyl (C=O) groups excluding carboxylic acids is 4. The molecule has 0 fully saturated rings. The molecule has 4 N–H and O–H groups in total. The number of hydrogen-bond acceptors (Lipinski definition) is 14. The molecule has 22 nitrogen and oxygen atoms in total. The highest BCUT2D eigenvalue weighted by Gasteiger charge is 2.38. The third-order valence-electron chi connectivity index (χ3n) is 19.8. The van der Waals surface area contributed by atoms with E-state index in [1.54, 1.807) is 32.9 Å². The molecule has 115 heavy (non-hydrogen) atoms. The smallest absolute Gasteiger partial charge is 0.322 e. The molecule has 0 spiro atoms. The van der Waals surface area contributed by atoms with Gasteiger partial charge in [0.05, 0.1) is 66.9 Å². The summed E-state index contributed by atoms with van der Waals surface area (Å²) >= 11 is 0. The number of rotatable bonds is 8. The number of halogens is 11. The summed E-state index contributed by atoms with van der Waals surface area (Å²) in [4.78, 5) is 65.5. The maximum absolute atomic E-state index is 14.2. The number of amides is 8. The van der Waals surface area contributed by atoms with Gasteiger partial charge in [-0.3, -0.25) is 0 Å². The zero-order chi connectivity index (χ0) is 82.0. The second-order valence-corrected chi connectivity index (χ2v) is 28.1. The minimum atomic E-state index is -1.03. The molecule has 16 rings (SSSR count). The first kappa shape index (κ1) is 79.8. The second kappa shape index (κ2) is 33.6. The number of anilines is 4. The molecular weight excluding hydrogens is 1520 g/mol. The van der Waals surface area contributed by atoms with Crippen molar-refractivity contribution in [3.63, 3.8) is 0 Å². The summed E-state index contributed by atoms with van der Waals surface area (Å²) in [5.74, 6) is -7.56. The third-order valence-corrected chi connectivity index (χ3v) is 19.8. The molecule has 0 bridgehead atoms. The van der Waals surface area contributed by atoms with Crippen LogP contribution in [0.2, 0.25) is 0 Å². The molecule has 6 aromatic heterocycles. The lowest BCUT2D eigenvalue weighted by Crippen LogP contribution is -2.44. The summed E-state index contributed by atoms with van der Waals surface area (Å²) in [6.07, 6.45) is 4.03. The first-order valence-corrected chi connectivity index (χ1v) is 36.0. The third kappa shape index (κ3) is 17.4. The Kier molecular flexibility index (Phi) is 23.3. The van der Waals surface area contributed by atoms with E-state index >= 15 is 0 Å². The minimum absolute atomic E-state index is 0.0927. The molecule has 0 radical (unpaired) electrons. The van der Waals surface area contributed by atoms with Gasteiger partial charge in [-0.2, -0.15) is 0 Å². The van der Waals surface area contributed by atoms with E-state index in [0.29, 0.717) is 94.7 Å². The van der Waals surface area contributed by atoms with Crippen molar-refractivity contribution < 1.29 is 85.6 Å². The monoisotopic (exact) mass is 1590 g/mol. The van der Waals surface area contributed by atoms with Gasteiger partial charge in [0, 0.05) is 125 Å². The molecule has 6 aromatic carbocycles. The summed E-state index contributed by atoms with van der Waals surface area (Å²) in [7, 11) is 0. The van der Waals surface area contributed by atoms with Crippen molar-refractivity contribution in [2.24, 2.45) is 0 Å². The van der Waals surface area contributed by atoms with Crippen molar-refractivity contribution in [3.8, 4) is 45.6 Å². The molecule has 10 heterocycles. The molecule has 594 valence electrons. The number of carbonyl (C=O) groups is 4. The van der Waals surface area contributed by atoms with Crippen LogP contribution in [0, 0.1) is 91.7 Å². The first-order chi connectivity index (χ1) is 54.9. The molecule has 8 amide bonds. The normalized spacial score (nSPS) is 15.9. The quantitative estimate of drug-likeness (QED) is 0.103. The number of aryl methyl sites for hydroxylation is 4. The van der Waals surface area contributed by atoms with E-state index in [9.17, 15) is 67.5 Å². The topological polar surface area (TPSA) is 259 Å². The largest absolute Gasteiger partial charge is 0.356 e. The lowest BCUT2D eigenvalue weighted by molar-refractivity contribution is 0.181. The van der Waals surface area contributed by atoms with Crippen LogP contribution in [0.15, 0.2) is 158 Å². The molecule has 0 unspecified atom stereocenters. The van der Waals surface area contributed by atoms with E-state index in [4.69, 9.17) is 18.1 Å². The van der Waals surface area contributed by atoms with Gasteiger partial charge in [0.2, 0.25) is 0 Å². The van der Waals surface area contributed by atoms with Crippen LogP contribution >= 0.6 is 0 Å². The van der Waals surface area contributed by atoms with Gasteiger partial charge in [0.1, 0.15) is 28.8 Å². The minimum Gasteiger partial charge on any atom is -0.356 e. The van der Waals surface area contributed by atoms with Gasteiger partial charge in [0.15, 0.2) is 69.6 Å². The number of pyridine rings is 2. The van der Waals surface area contributed by atoms with Crippen molar-refractivity contribution in [1.29, 1.82) is 0 Å². The summed E-state index contributed by atoms with van der Waals surface area (Å²) < 4.78 is 171. The van der Waals surface area contributed by atoms with Gasteiger partial charge in [-0.1, -0.05) is 63.1 Å². The Labute approximate surface area is 649 Å². The highest BCUT2D eigenvalue weighted by molar-refractivity contribution is 5.92. The number of hydrogen-bond donors (Lipinski definition) is 4. The van der Waals surface area contributed by atoms with E-state index in [-0.39, 0.29) is 106 Å². The molecule has 0 saturated carbocycles. The molecular formula is C82H71F11N14O8. The van der Waals surface area contributed by atoms with Gasteiger partial charge < -0.3 is 59.0 Å². The summed E-state index contributed by atoms with van der Waals surface area (Å²) in [6.45, 7) is 14.0. The van der Waals surface area contributed by atoms with E-state index in [2.05, 4.69) is 51.9 Å². The van der Waals surface area contributed by atoms with Crippen molar-refractivity contribution in [1.82, 2.24) is 50.2 Å². The number of benzene rings is 6. The molecule has 0 saturated heterocycles. The maximum atomic E-state index is 14.2. The van der Waals surface area contributed by atoms with Crippen molar-refractivity contribution in [3.05, 3.63) is 271 Å². The summed E-state index contributed by atoms with van der Waals surface area (Å²) in [5.41, 5.74) is 8.85. The Bertz CT molecular complexity index is 5400. The first-order valence-electron chi connectivity index (χ1n) is 36.0. The SMILES string of the molecule is Cc1cc(NC(=O)N2Cc3c(noc3-c3ccc(F)cn3)C[C@@H]2C)cc(F)c1F.Cc1cc(NC(=O)N2Cc3c(noc3-c3ccc(F)cn3)C[C@H]2C)cc(F)c1F.Cc1cc(NC(=O)N2Cc3c(noc3-c3ccccc3)C[C@@H]2C)cc(F)c1F.Cc1cc(NC(=O)N2Cc3c(noc3-c3ccccc3F)C[C@@H]2C)cc(F)c1F. The average molecular weight is 1590 g/mol. The van der Waals surface area contributed by atoms with Crippen LogP contribution in [0.4, 0.5) is 90.2 Å². The lowest BCUT2D eigenvalue weighted by atomic mass is 9.97. The zero-order valence-electron chi connectivity index (χ0n) is 62.6.